The number of hydrogen-bond donors (Lipinski definition) is 2. The third kappa shape index (κ3) is 8.07. The minimum absolute atomic E-state index is 0. The molecule has 0 saturated carbocycles. The van der Waals surface area contributed by atoms with E-state index in [-0.39, 0.29) is 24.0 Å². The molecule has 0 fully saturated rings. The van der Waals surface area contributed by atoms with Gasteiger partial charge < -0.3 is 15.5 Å². The Morgan fingerprint density at radius 1 is 1.28 bits per heavy atom. The Labute approximate surface area is 169 Å². The molecule has 5 nitrogen and oxygen atoms in total. The van der Waals surface area contributed by atoms with Gasteiger partial charge in [0.05, 0.1) is 6.54 Å². The van der Waals surface area contributed by atoms with Crippen molar-refractivity contribution in [3.63, 3.8) is 0 Å². The van der Waals surface area contributed by atoms with Crippen LogP contribution >= 0.6 is 24.0 Å². The van der Waals surface area contributed by atoms with Gasteiger partial charge >= 0.3 is 0 Å². The van der Waals surface area contributed by atoms with E-state index < -0.39 is 0 Å². The summed E-state index contributed by atoms with van der Waals surface area (Å²) in [5.41, 5.74) is 2.76. The van der Waals surface area contributed by atoms with Gasteiger partial charge in [-0.05, 0) is 56.7 Å². The van der Waals surface area contributed by atoms with Crippen molar-refractivity contribution in [1.82, 2.24) is 15.6 Å². The van der Waals surface area contributed by atoms with Gasteiger partial charge in [-0.25, -0.2) is 9.98 Å². The highest BCUT2D eigenvalue weighted by atomic mass is 127. The number of aliphatic imine (C=N–C) groups is 1. The number of hydrogen-bond acceptors (Lipinski definition) is 3. The average molecular weight is 457 g/mol. The molecule has 0 amide bonds. The van der Waals surface area contributed by atoms with Crippen LogP contribution in [0.5, 0.6) is 0 Å². The van der Waals surface area contributed by atoms with E-state index in [9.17, 15) is 0 Å². The molecule has 0 bridgehead atoms. The van der Waals surface area contributed by atoms with Crippen molar-refractivity contribution in [3.8, 4) is 0 Å². The van der Waals surface area contributed by atoms with Crippen LogP contribution in [0.1, 0.15) is 44.6 Å². The molecule has 0 aromatic carbocycles. The third-order valence-electron chi connectivity index (χ3n) is 4.16. The molecular weight excluding hydrogens is 425 g/mol. The molecule has 1 aromatic rings. The summed E-state index contributed by atoms with van der Waals surface area (Å²) in [7, 11) is 4.00. The van der Waals surface area contributed by atoms with Crippen molar-refractivity contribution in [2.45, 2.75) is 45.6 Å². The first-order valence-corrected chi connectivity index (χ1v) is 9.01. The van der Waals surface area contributed by atoms with Crippen molar-refractivity contribution in [2.24, 2.45) is 4.99 Å². The molecule has 0 saturated heterocycles. The maximum absolute atomic E-state index is 4.70. The zero-order valence-corrected chi connectivity index (χ0v) is 18.0. The van der Waals surface area contributed by atoms with E-state index in [0.717, 1.165) is 31.3 Å². The monoisotopic (exact) mass is 457 g/mol. The number of pyridine rings is 1. The summed E-state index contributed by atoms with van der Waals surface area (Å²) in [4.78, 5) is 11.0. The zero-order chi connectivity index (χ0) is 17.2. The number of nitrogens with one attached hydrogen (secondary N) is 2. The molecular formula is C19H32IN5. The van der Waals surface area contributed by atoms with E-state index in [2.05, 4.69) is 34.7 Å². The molecule has 1 aliphatic rings. The molecule has 25 heavy (non-hydrogen) atoms. The maximum atomic E-state index is 4.70. The Hall–Kier alpha value is -1.31. The van der Waals surface area contributed by atoms with Gasteiger partial charge in [-0.15, -0.1) is 24.0 Å². The summed E-state index contributed by atoms with van der Waals surface area (Å²) in [5.74, 6) is 1.85. The fourth-order valence-corrected chi connectivity index (χ4v) is 2.79. The fourth-order valence-electron chi connectivity index (χ4n) is 2.79. The lowest BCUT2D eigenvalue weighted by Crippen LogP contribution is -2.37. The van der Waals surface area contributed by atoms with Crippen LogP contribution in [0.3, 0.4) is 0 Å². The molecule has 0 aliphatic heterocycles. The second-order valence-corrected chi connectivity index (χ2v) is 6.40. The van der Waals surface area contributed by atoms with E-state index in [1.165, 1.54) is 31.2 Å². The lowest BCUT2D eigenvalue weighted by atomic mass is 9.97. The molecule has 2 N–H and O–H groups in total. The number of anilines is 1. The smallest absolute Gasteiger partial charge is 0.191 e. The number of nitrogens with zero attached hydrogens (tertiary/aromatic N) is 3. The van der Waals surface area contributed by atoms with Crippen molar-refractivity contribution in [3.05, 3.63) is 35.5 Å². The van der Waals surface area contributed by atoms with Gasteiger partial charge in [0.2, 0.25) is 0 Å². The van der Waals surface area contributed by atoms with E-state index in [1.807, 2.05) is 31.3 Å². The van der Waals surface area contributed by atoms with Crippen LogP contribution in [0.15, 0.2) is 35.0 Å². The molecule has 0 radical (unpaired) electrons. The summed E-state index contributed by atoms with van der Waals surface area (Å²) in [5, 5.41) is 6.77. The Morgan fingerprint density at radius 2 is 2.12 bits per heavy atom. The lowest BCUT2D eigenvalue weighted by Gasteiger charge is -2.15. The topological polar surface area (TPSA) is 52.6 Å². The summed E-state index contributed by atoms with van der Waals surface area (Å²) < 4.78 is 0. The third-order valence-corrected chi connectivity index (χ3v) is 4.16. The summed E-state index contributed by atoms with van der Waals surface area (Å²) in [6.45, 7) is 4.56. The molecule has 0 unspecified atom stereocenters. The molecule has 6 heteroatoms. The second kappa shape index (κ2) is 12.1. The van der Waals surface area contributed by atoms with Gasteiger partial charge in [-0.1, -0.05) is 11.6 Å². The quantitative estimate of drug-likeness (QED) is 0.284. The van der Waals surface area contributed by atoms with Crippen LogP contribution in [-0.4, -0.2) is 38.1 Å². The molecule has 2 rings (SSSR count). The Morgan fingerprint density at radius 3 is 2.80 bits per heavy atom. The van der Waals surface area contributed by atoms with E-state index in [1.54, 1.807) is 5.57 Å². The highest BCUT2D eigenvalue weighted by molar-refractivity contribution is 14.0. The minimum Gasteiger partial charge on any atom is -0.363 e. The number of allylic oxidation sites excluding steroid dienone is 1. The van der Waals surface area contributed by atoms with Crippen LogP contribution in [0.4, 0.5) is 5.82 Å². The van der Waals surface area contributed by atoms with Crippen LogP contribution < -0.4 is 15.5 Å². The Balaban J connectivity index is 0.00000312. The first kappa shape index (κ1) is 21.7. The van der Waals surface area contributed by atoms with Crippen molar-refractivity contribution in [2.75, 3.05) is 32.1 Å². The fraction of sp³-hybridized carbons (Fsp3) is 0.579. The molecule has 1 aromatic heterocycles. The summed E-state index contributed by atoms with van der Waals surface area (Å²) in [6, 6.07) is 4.10. The normalized spacial score (nSPS) is 14.4. The Kier molecular flexibility index (Phi) is 10.5. The van der Waals surface area contributed by atoms with Gasteiger partial charge in [-0.3, -0.25) is 0 Å². The summed E-state index contributed by atoms with van der Waals surface area (Å²) in [6.07, 6.45) is 10.6. The molecule has 0 spiro atoms. The molecule has 140 valence electrons. The maximum Gasteiger partial charge on any atom is 0.191 e. The minimum atomic E-state index is 0. The lowest BCUT2D eigenvalue weighted by molar-refractivity contribution is 0.665. The molecule has 1 aliphatic carbocycles. The second-order valence-electron chi connectivity index (χ2n) is 6.40. The van der Waals surface area contributed by atoms with Crippen LogP contribution in [-0.2, 0) is 6.54 Å². The van der Waals surface area contributed by atoms with E-state index in [4.69, 9.17) is 4.99 Å². The van der Waals surface area contributed by atoms with Crippen LogP contribution in [0.2, 0.25) is 0 Å². The SMILES string of the molecule is CCNC(=NCc1ccnc(N(C)C)c1)NCCC1=CCCCC1.I. The number of halogens is 1. The average Bonchev–Trinajstić information content (AvgIpc) is 2.61. The van der Waals surface area contributed by atoms with E-state index >= 15 is 0 Å². The van der Waals surface area contributed by atoms with Crippen LogP contribution in [0.25, 0.3) is 0 Å². The van der Waals surface area contributed by atoms with Crippen molar-refractivity contribution in [1.29, 1.82) is 0 Å². The number of rotatable bonds is 7. The molecule has 1 heterocycles. The van der Waals surface area contributed by atoms with Gasteiger partial charge in [0, 0.05) is 33.4 Å². The van der Waals surface area contributed by atoms with Gasteiger partial charge in [0.15, 0.2) is 5.96 Å². The van der Waals surface area contributed by atoms with E-state index in [0.29, 0.717) is 6.54 Å². The highest BCUT2D eigenvalue weighted by Crippen LogP contribution is 2.19. The predicted molar refractivity (Wildman–Crippen MR) is 118 cm³/mol. The predicted octanol–water partition coefficient (Wildman–Crippen LogP) is 3.71. The first-order chi connectivity index (χ1) is 11.7. The highest BCUT2D eigenvalue weighted by Gasteiger charge is 2.04. The van der Waals surface area contributed by atoms with Crippen molar-refractivity contribution < 1.29 is 0 Å². The Bertz CT molecular complexity index is 569. The standard InChI is InChI=1S/C19H31N5.HI/c1-4-20-19(22-13-10-16-8-6-5-7-9-16)23-15-17-11-12-21-18(14-17)24(2)3;/h8,11-12,14H,4-7,9-10,13,15H2,1-3H3,(H2,20,22,23);1H. The molecule has 0 atom stereocenters. The largest absolute Gasteiger partial charge is 0.363 e. The van der Waals surface area contributed by atoms with Crippen molar-refractivity contribution >= 4 is 35.8 Å². The van der Waals surface area contributed by atoms with Crippen LogP contribution in [0, 0.1) is 0 Å². The van der Waals surface area contributed by atoms with Gasteiger partial charge in [0.1, 0.15) is 5.82 Å². The zero-order valence-electron chi connectivity index (χ0n) is 15.7. The number of guanidine groups is 1. The summed E-state index contributed by atoms with van der Waals surface area (Å²) >= 11 is 0. The van der Waals surface area contributed by atoms with Gasteiger partial charge in [-0.2, -0.15) is 0 Å². The first-order valence-electron chi connectivity index (χ1n) is 9.01. The number of aromatic nitrogens is 1. The van der Waals surface area contributed by atoms with Gasteiger partial charge in [0.25, 0.3) is 0 Å².